The highest BCUT2D eigenvalue weighted by atomic mass is 79.9. The zero-order valence-electron chi connectivity index (χ0n) is 13.6. The summed E-state index contributed by atoms with van der Waals surface area (Å²) in [6.45, 7) is 2.78. The molecule has 0 bridgehead atoms. The van der Waals surface area contributed by atoms with Gasteiger partial charge in [0.15, 0.2) is 0 Å². The van der Waals surface area contributed by atoms with E-state index >= 15 is 0 Å². The zero-order chi connectivity index (χ0) is 17.1. The second-order valence-electron chi connectivity index (χ2n) is 6.09. The van der Waals surface area contributed by atoms with Gasteiger partial charge in [-0.05, 0) is 33.5 Å². The Labute approximate surface area is 149 Å². The highest BCUT2D eigenvalue weighted by Crippen LogP contribution is 2.19. The number of halogens is 1. The molecule has 6 nitrogen and oxygen atoms in total. The fraction of sp³-hybridized carbons (Fsp3) is 0.412. The van der Waals surface area contributed by atoms with Gasteiger partial charge in [-0.3, -0.25) is 9.69 Å². The monoisotopic (exact) mass is 392 g/mol. The number of aryl methyl sites for hydroxylation is 1. The molecule has 3 rings (SSSR count). The van der Waals surface area contributed by atoms with Crippen LogP contribution in [0.5, 0.6) is 0 Å². The molecule has 0 radical (unpaired) electrons. The predicted octanol–water partition coefficient (Wildman–Crippen LogP) is 1.37. The number of benzene rings is 1. The Bertz CT molecular complexity index is 777. The van der Waals surface area contributed by atoms with E-state index in [1.165, 1.54) is 15.8 Å². The first kappa shape index (κ1) is 17.1. The molecular weight excluding hydrogens is 372 g/mol. The van der Waals surface area contributed by atoms with E-state index in [1.54, 1.807) is 13.2 Å². The van der Waals surface area contributed by atoms with Gasteiger partial charge in [0.2, 0.25) is 0 Å². The van der Waals surface area contributed by atoms with Gasteiger partial charge in [0.1, 0.15) is 4.47 Å². The van der Waals surface area contributed by atoms with Crippen molar-refractivity contribution >= 4 is 21.6 Å². The van der Waals surface area contributed by atoms with E-state index in [9.17, 15) is 9.90 Å². The summed E-state index contributed by atoms with van der Waals surface area (Å²) in [6.07, 6.45) is 2.07. The quantitative estimate of drug-likeness (QED) is 0.803. The van der Waals surface area contributed by atoms with Crippen LogP contribution in [-0.2, 0) is 20.0 Å². The summed E-state index contributed by atoms with van der Waals surface area (Å²) in [4.78, 5) is 14.1. The number of hydrogen-bond donors (Lipinski definition) is 2. The minimum atomic E-state index is -0.522. The van der Waals surface area contributed by atoms with Crippen LogP contribution < -0.4 is 10.9 Å². The summed E-state index contributed by atoms with van der Waals surface area (Å²) in [5.41, 5.74) is 3.13. The van der Waals surface area contributed by atoms with Crippen molar-refractivity contribution in [3.8, 4) is 0 Å². The second kappa shape index (κ2) is 7.46. The van der Waals surface area contributed by atoms with E-state index in [0.717, 1.165) is 19.5 Å². The summed E-state index contributed by atoms with van der Waals surface area (Å²) < 4.78 is 1.69. The minimum Gasteiger partial charge on any atom is -0.390 e. The Hall–Kier alpha value is -1.70. The predicted molar refractivity (Wildman–Crippen MR) is 97.1 cm³/mol. The first-order valence-corrected chi connectivity index (χ1v) is 8.77. The van der Waals surface area contributed by atoms with Crippen molar-refractivity contribution in [1.29, 1.82) is 0 Å². The van der Waals surface area contributed by atoms with E-state index < -0.39 is 6.10 Å². The molecule has 2 N–H and O–H groups in total. The number of β-amino-alcohol motifs (C(OH)–C–C–N with tert-alkyl or cyclic N) is 1. The van der Waals surface area contributed by atoms with Gasteiger partial charge in [-0.15, -0.1) is 0 Å². The summed E-state index contributed by atoms with van der Waals surface area (Å²) in [5.74, 6) is 0. The molecule has 1 aliphatic rings. The van der Waals surface area contributed by atoms with Crippen molar-refractivity contribution in [2.75, 3.05) is 25.0 Å². The van der Waals surface area contributed by atoms with Gasteiger partial charge in [0, 0.05) is 33.2 Å². The number of nitrogens with zero attached hydrogens (tertiary/aromatic N) is 3. The highest BCUT2D eigenvalue weighted by Gasteiger charge is 2.18. The maximum atomic E-state index is 11.8. The first-order valence-electron chi connectivity index (χ1n) is 7.97. The fourth-order valence-electron chi connectivity index (χ4n) is 2.93. The molecule has 128 valence electrons. The van der Waals surface area contributed by atoms with Crippen molar-refractivity contribution in [3.05, 3.63) is 56.4 Å². The Balaban J connectivity index is 1.54. The van der Waals surface area contributed by atoms with Gasteiger partial charge in [-0.2, -0.15) is 5.10 Å². The molecule has 0 fully saturated rings. The molecule has 0 aliphatic carbocycles. The summed E-state index contributed by atoms with van der Waals surface area (Å²) in [7, 11) is 1.60. The van der Waals surface area contributed by atoms with E-state index in [-0.39, 0.29) is 5.56 Å². The van der Waals surface area contributed by atoms with Crippen LogP contribution in [-0.4, -0.2) is 45.5 Å². The molecular formula is C17H21BrN4O2. The van der Waals surface area contributed by atoms with Crippen molar-refractivity contribution in [1.82, 2.24) is 14.7 Å². The van der Waals surface area contributed by atoms with Crippen LogP contribution in [0.2, 0.25) is 0 Å². The normalized spacial score (nSPS) is 15.8. The Morgan fingerprint density at radius 3 is 2.92 bits per heavy atom. The van der Waals surface area contributed by atoms with Crippen LogP contribution in [0.25, 0.3) is 0 Å². The van der Waals surface area contributed by atoms with Crippen LogP contribution in [0.1, 0.15) is 11.1 Å². The number of fused-ring (bicyclic) bond motifs is 1. The second-order valence-corrected chi connectivity index (χ2v) is 6.88. The van der Waals surface area contributed by atoms with E-state index in [0.29, 0.717) is 23.2 Å². The first-order chi connectivity index (χ1) is 11.5. The third-order valence-electron chi connectivity index (χ3n) is 4.28. The fourth-order valence-corrected chi connectivity index (χ4v) is 3.43. The van der Waals surface area contributed by atoms with Crippen molar-refractivity contribution in [3.63, 3.8) is 0 Å². The molecule has 1 aliphatic heterocycles. The van der Waals surface area contributed by atoms with Gasteiger partial charge < -0.3 is 10.4 Å². The zero-order valence-corrected chi connectivity index (χ0v) is 15.2. The number of anilines is 1. The Morgan fingerprint density at radius 2 is 2.12 bits per heavy atom. The average molecular weight is 393 g/mol. The highest BCUT2D eigenvalue weighted by molar-refractivity contribution is 9.10. The minimum absolute atomic E-state index is 0.206. The van der Waals surface area contributed by atoms with Crippen LogP contribution in [0, 0.1) is 0 Å². The number of hydrogen-bond acceptors (Lipinski definition) is 5. The molecule has 1 aromatic heterocycles. The number of aliphatic hydroxyl groups excluding tert-OH is 1. The van der Waals surface area contributed by atoms with Crippen LogP contribution >= 0.6 is 15.9 Å². The Morgan fingerprint density at radius 1 is 1.38 bits per heavy atom. The topological polar surface area (TPSA) is 70.4 Å². The van der Waals surface area contributed by atoms with E-state index in [4.69, 9.17) is 0 Å². The molecule has 0 saturated heterocycles. The summed E-state index contributed by atoms with van der Waals surface area (Å²) >= 11 is 3.27. The molecule has 0 amide bonds. The van der Waals surface area contributed by atoms with E-state index in [2.05, 4.69) is 55.5 Å². The van der Waals surface area contributed by atoms with Gasteiger partial charge in [-0.25, -0.2) is 4.68 Å². The third-order valence-corrected chi connectivity index (χ3v) is 5.05. The number of rotatable bonds is 5. The summed E-state index contributed by atoms with van der Waals surface area (Å²) in [6, 6.07) is 8.45. The van der Waals surface area contributed by atoms with Crippen LogP contribution in [0.3, 0.4) is 0 Å². The standard InChI is InChI=1S/C17H21BrN4O2/c1-21-17(24)16(18)15(9-20-21)19-8-14(23)11-22-7-6-12-4-2-3-5-13(12)10-22/h2-5,9,14,19,23H,6-8,10-11H2,1H3. The lowest BCUT2D eigenvalue weighted by molar-refractivity contribution is 0.114. The number of aromatic nitrogens is 2. The molecule has 7 heteroatoms. The SMILES string of the molecule is Cn1ncc(NCC(O)CN2CCc3ccccc3C2)c(Br)c1=O. The lowest BCUT2D eigenvalue weighted by Gasteiger charge is -2.30. The molecule has 1 unspecified atom stereocenters. The lowest BCUT2D eigenvalue weighted by atomic mass is 10.00. The Kier molecular flexibility index (Phi) is 5.33. The number of nitrogens with one attached hydrogen (secondary N) is 1. The van der Waals surface area contributed by atoms with Crippen LogP contribution in [0.15, 0.2) is 39.7 Å². The summed E-state index contributed by atoms with van der Waals surface area (Å²) in [5, 5.41) is 17.4. The van der Waals surface area contributed by atoms with E-state index in [1.807, 2.05) is 0 Å². The van der Waals surface area contributed by atoms with Crippen LogP contribution in [0.4, 0.5) is 5.69 Å². The maximum absolute atomic E-state index is 11.8. The van der Waals surface area contributed by atoms with Gasteiger partial charge in [0.25, 0.3) is 5.56 Å². The van der Waals surface area contributed by atoms with Gasteiger partial charge >= 0.3 is 0 Å². The van der Waals surface area contributed by atoms with Gasteiger partial charge in [-0.1, -0.05) is 24.3 Å². The molecule has 0 spiro atoms. The van der Waals surface area contributed by atoms with Crippen molar-refractivity contribution in [2.45, 2.75) is 19.1 Å². The molecule has 2 aromatic rings. The average Bonchev–Trinajstić information content (AvgIpc) is 2.59. The lowest BCUT2D eigenvalue weighted by Crippen LogP contribution is -2.39. The third kappa shape index (κ3) is 3.85. The molecule has 24 heavy (non-hydrogen) atoms. The smallest absolute Gasteiger partial charge is 0.282 e. The maximum Gasteiger partial charge on any atom is 0.282 e. The molecule has 1 atom stereocenters. The molecule has 2 heterocycles. The largest absolute Gasteiger partial charge is 0.390 e. The molecule has 0 saturated carbocycles. The van der Waals surface area contributed by atoms with Gasteiger partial charge in [0.05, 0.1) is 18.0 Å². The van der Waals surface area contributed by atoms with Crippen molar-refractivity contribution < 1.29 is 5.11 Å². The molecule has 1 aromatic carbocycles. The number of aliphatic hydroxyl groups is 1. The van der Waals surface area contributed by atoms with Crippen molar-refractivity contribution in [2.24, 2.45) is 7.05 Å².